The van der Waals surface area contributed by atoms with Crippen LogP contribution in [0.25, 0.3) is 0 Å². The standard InChI is InChI=1S/C28H21ClFN3O5/c1-33(18-9-7-17(29)8-10-18)19-11-13-23(31-15-19)26(34)16-6-12-22(20(14-16)28(36)37)32-27(35)25-21(30)4-3-5-24(25)38-2/h3-15H,1-2H3,(H,32,35)(H,36,37). The van der Waals surface area contributed by atoms with Gasteiger partial charge in [0.05, 0.1) is 30.2 Å². The van der Waals surface area contributed by atoms with Crippen LogP contribution in [0.1, 0.15) is 36.8 Å². The summed E-state index contributed by atoms with van der Waals surface area (Å²) < 4.78 is 19.3. The molecule has 8 nitrogen and oxygen atoms in total. The number of ketones is 1. The molecule has 0 fully saturated rings. The summed E-state index contributed by atoms with van der Waals surface area (Å²) in [5, 5.41) is 12.7. The van der Waals surface area contributed by atoms with Crippen molar-refractivity contribution in [2.45, 2.75) is 0 Å². The van der Waals surface area contributed by atoms with Crippen molar-refractivity contribution in [2.75, 3.05) is 24.4 Å². The smallest absolute Gasteiger partial charge is 0.337 e. The quantitative estimate of drug-likeness (QED) is 0.274. The highest BCUT2D eigenvalue weighted by Gasteiger charge is 2.22. The third-order valence-corrected chi connectivity index (χ3v) is 6.02. The van der Waals surface area contributed by atoms with E-state index in [2.05, 4.69) is 10.3 Å². The fraction of sp³-hybridized carbons (Fsp3) is 0.0714. The minimum absolute atomic E-state index is 0.0117. The summed E-state index contributed by atoms with van der Waals surface area (Å²) in [7, 11) is 3.12. The van der Waals surface area contributed by atoms with Crippen molar-refractivity contribution >= 4 is 46.3 Å². The number of ether oxygens (including phenoxy) is 1. The summed E-state index contributed by atoms with van der Waals surface area (Å²) in [6, 6.07) is 18.1. The number of nitrogens with one attached hydrogen (secondary N) is 1. The first-order chi connectivity index (χ1) is 18.2. The van der Waals surface area contributed by atoms with Gasteiger partial charge in [-0.25, -0.2) is 9.18 Å². The maximum Gasteiger partial charge on any atom is 0.337 e. The molecule has 4 aromatic rings. The molecule has 0 radical (unpaired) electrons. The van der Waals surface area contributed by atoms with Gasteiger partial charge in [0, 0.05) is 23.3 Å². The van der Waals surface area contributed by atoms with E-state index in [4.69, 9.17) is 16.3 Å². The average molecular weight is 534 g/mol. The molecule has 0 saturated heterocycles. The second-order valence-electron chi connectivity index (χ2n) is 8.10. The number of carbonyl (C=O) groups excluding carboxylic acids is 2. The van der Waals surface area contributed by atoms with E-state index >= 15 is 0 Å². The Labute approximate surface area is 222 Å². The van der Waals surface area contributed by atoms with Crippen LogP contribution in [0.15, 0.2) is 79.0 Å². The van der Waals surface area contributed by atoms with Gasteiger partial charge in [0.15, 0.2) is 0 Å². The number of carboxylic acid groups (broad SMARTS) is 1. The van der Waals surface area contributed by atoms with Crippen LogP contribution in [-0.2, 0) is 0 Å². The minimum Gasteiger partial charge on any atom is -0.496 e. The third-order valence-electron chi connectivity index (χ3n) is 5.76. The number of benzene rings is 3. The highest BCUT2D eigenvalue weighted by atomic mass is 35.5. The molecule has 0 aliphatic rings. The minimum atomic E-state index is -1.39. The van der Waals surface area contributed by atoms with E-state index in [9.17, 15) is 23.9 Å². The van der Waals surface area contributed by atoms with Gasteiger partial charge in [0.1, 0.15) is 22.8 Å². The molecular weight excluding hydrogens is 513 g/mol. The zero-order chi connectivity index (χ0) is 27.4. The molecule has 0 unspecified atom stereocenters. The summed E-state index contributed by atoms with van der Waals surface area (Å²) >= 11 is 5.94. The maximum atomic E-state index is 14.3. The molecule has 1 heterocycles. The Hall–Kier alpha value is -4.76. The number of rotatable bonds is 8. The SMILES string of the molecule is COc1cccc(F)c1C(=O)Nc1ccc(C(=O)c2ccc(N(C)c3ccc(Cl)cc3)cn2)cc1C(=O)O. The molecule has 3 aromatic carbocycles. The third kappa shape index (κ3) is 5.47. The predicted molar refractivity (Wildman–Crippen MR) is 141 cm³/mol. The molecule has 0 saturated carbocycles. The molecule has 0 bridgehead atoms. The zero-order valence-corrected chi connectivity index (χ0v) is 21.0. The number of anilines is 3. The second-order valence-corrected chi connectivity index (χ2v) is 8.54. The molecule has 2 N–H and O–H groups in total. The molecule has 1 amide bonds. The van der Waals surface area contributed by atoms with E-state index in [0.29, 0.717) is 5.02 Å². The van der Waals surface area contributed by atoms with Crippen molar-refractivity contribution < 1.29 is 28.6 Å². The number of hydrogen-bond donors (Lipinski definition) is 2. The largest absolute Gasteiger partial charge is 0.496 e. The van der Waals surface area contributed by atoms with Gasteiger partial charge in [-0.15, -0.1) is 0 Å². The van der Waals surface area contributed by atoms with E-state index in [1.807, 2.05) is 24.1 Å². The lowest BCUT2D eigenvalue weighted by Crippen LogP contribution is -2.18. The number of hydrogen-bond acceptors (Lipinski definition) is 6. The molecular formula is C28H21ClFN3O5. The Morgan fingerprint density at radius 1 is 1.00 bits per heavy atom. The molecule has 4 rings (SSSR count). The maximum absolute atomic E-state index is 14.3. The number of amides is 1. The van der Waals surface area contributed by atoms with Crippen LogP contribution in [0.3, 0.4) is 0 Å². The number of carbonyl (C=O) groups is 3. The van der Waals surface area contributed by atoms with Gasteiger partial charge in [-0.2, -0.15) is 0 Å². The number of carboxylic acids is 1. The van der Waals surface area contributed by atoms with Crippen molar-refractivity contribution in [1.29, 1.82) is 0 Å². The van der Waals surface area contributed by atoms with E-state index in [1.165, 1.54) is 43.6 Å². The molecule has 0 atom stereocenters. The first-order valence-electron chi connectivity index (χ1n) is 11.2. The normalized spacial score (nSPS) is 10.5. The van der Waals surface area contributed by atoms with Crippen LogP contribution < -0.4 is 15.0 Å². The monoisotopic (exact) mass is 533 g/mol. The van der Waals surface area contributed by atoms with Crippen LogP contribution in [0.2, 0.25) is 5.02 Å². The van der Waals surface area contributed by atoms with Gasteiger partial charge >= 0.3 is 5.97 Å². The molecule has 10 heteroatoms. The number of pyridine rings is 1. The Morgan fingerprint density at radius 2 is 1.71 bits per heavy atom. The van der Waals surface area contributed by atoms with Gasteiger partial charge in [0.25, 0.3) is 5.91 Å². The van der Waals surface area contributed by atoms with Gasteiger partial charge < -0.3 is 20.1 Å². The Balaban J connectivity index is 1.57. The highest BCUT2D eigenvalue weighted by molar-refractivity contribution is 6.30. The number of halogens is 2. The fourth-order valence-corrected chi connectivity index (χ4v) is 3.86. The summed E-state index contributed by atoms with van der Waals surface area (Å²) in [6.07, 6.45) is 1.52. The van der Waals surface area contributed by atoms with Crippen LogP contribution in [-0.4, -0.2) is 41.9 Å². The van der Waals surface area contributed by atoms with Crippen molar-refractivity contribution in [3.8, 4) is 5.75 Å². The second kappa shape index (κ2) is 11.1. The number of nitrogens with zero attached hydrogens (tertiary/aromatic N) is 2. The van der Waals surface area contributed by atoms with E-state index in [1.54, 1.807) is 18.2 Å². The molecule has 0 spiro atoms. The predicted octanol–water partition coefficient (Wildman–Crippen LogP) is 5.83. The van der Waals surface area contributed by atoms with Crippen LogP contribution in [0, 0.1) is 5.82 Å². The van der Waals surface area contributed by atoms with Gasteiger partial charge in [-0.3, -0.25) is 14.6 Å². The molecule has 0 aliphatic heterocycles. The molecule has 0 aliphatic carbocycles. The van der Waals surface area contributed by atoms with Gasteiger partial charge in [-0.1, -0.05) is 17.7 Å². The highest BCUT2D eigenvalue weighted by Crippen LogP contribution is 2.27. The number of aromatic nitrogens is 1. The molecule has 192 valence electrons. The summed E-state index contributed by atoms with van der Waals surface area (Å²) in [5.74, 6) is -3.64. The fourth-order valence-electron chi connectivity index (χ4n) is 3.73. The molecule has 1 aromatic heterocycles. The van der Waals surface area contributed by atoms with E-state index in [-0.39, 0.29) is 33.8 Å². The topological polar surface area (TPSA) is 109 Å². The Kier molecular flexibility index (Phi) is 7.68. The van der Waals surface area contributed by atoms with E-state index < -0.39 is 23.5 Å². The van der Waals surface area contributed by atoms with Gasteiger partial charge in [0.2, 0.25) is 5.78 Å². The van der Waals surface area contributed by atoms with Crippen molar-refractivity contribution in [1.82, 2.24) is 4.98 Å². The van der Waals surface area contributed by atoms with Crippen molar-refractivity contribution in [3.63, 3.8) is 0 Å². The van der Waals surface area contributed by atoms with Crippen LogP contribution in [0.5, 0.6) is 5.75 Å². The Bertz CT molecular complexity index is 1530. The van der Waals surface area contributed by atoms with Crippen molar-refractivity contribution in [3.05, 3.63) is 112 Å². The molecule has 38 heavy (non-hydrogen) atoms. The summed E-state index contributed by atoms with van der Waals surface area (Å²) in [4.78, 5) is 43.8. The lowest BCUT2D eigenvalue weighted by Gasteiger charge is -2.19. The average Bonchev–Trinajstić information content (AvgIpc) is 2.92. The first-order valence-corrected chi connectivity index (χ1v) is 11.6. The van der Waals surface area contributed by atoms with Crippen LogP contribution in [0.4, 0.5) is 21.5 Å². The van der Waals surface area contributed by atoms with Gasteiger partial charge in [-0.05, 0) is 66.7 Å². The number of aromatic carboxylic acids is 1. The zero-order valence-electron chi connectivity index (χ0n) is 20.2. The lowest BCUT2D eigenvalue weighted by atomic mass is 10.0. The van der Waals surface area contributed by atoms with E-state index in [0.717, 1.165) is 23.5 Å². The number of methoxy groups -OCH3 is 1. The van der Waals surface area contributed by atoms with Crippen LogP contribution >= 0.6 is 11.6 Å². The Morgan fingerprint density at radius 3 is 2.34 bits per heavy atom. The van der Waals surface area contributed by atoms with Crippen molar-refractivity contribution in [2.24, 2.45) is 0 Å². The first kappa shape index (κ1) is 26.3. The summed E-state index contributed by atoms with van der Waals surface area (Å²) in [6.45, 7) is 0. The lowest BCUT2D eigenvalue weighted by molar-refractivity contribution is 0.0698. The summed E-state index contributed by atoms with van der Waals surface area (Å²) in [5.41, 5.74) is 0.900.